The van der Waals surface area contributed by atoms with Crippen LogP contribution >= 0.6 is 12.4 Å². The van der Waals surface area contributed by atoms with Crippen LogP contribution in [0.15, 0.2) is 0 Å². The molecule has 7 radical (unpaired) electrons. The van der Waals surface area contributed by atoms with Crippen LogP contribution in [0.4, 0.5) is 0 Å². The van der Waals surface area contributed by atoms with Gasteiger partial charge in [0.15, 0.2) is 0 Å². The molecule has 0 aliphatic heterocycles. The van der Waals surface area contributed by atoms with E-state index in [1.54, 1.807) is 0 Å². The van der Waals surface area contributed by atoms with E-state index in [0.717, 1.165) is 0 Å². The molecule has 0 aromatic heterocycles. The van der Waals surface area contributed by atoms with Crippen molar-refractivity contribution in [2.75, 3.05) is 0 Å². The van der Waals surface area contributed by atoms with Crippen LogP contribution in [-0.4, -0.2) is 58.7 Å². The predicted molar refractivity (Wildman–Crippen MR) is 24.5 cm³/mol. The first-order chi connectivity index (χ1) is 0. The summed E-state index contributed by atoms with van der Waals surface area (Å²) in [5, 5.41) is 0. The summed E-state index contributed by atoms with van der Waals surface area (Å²) in [6.45, 7) is 0. The van der Waals surface area contributed by atoms with Crippen LogP contribution in [0.5, 0.6) is 0 Å². The average Bonchev–Trinajstić information content (AvgIpc) is 0. The van der Waals surface area contributed by atoms with Gasteiger partial charge in [-0.1, -0.05) is 0 Å². The van der Waals surface area contributed by atoms with Gasteiger partial charge in [-0.15, -0.1) is 12.4 Å². The van der Waals surface area contributed by atoms with Crippen LogP contribution < -0.4 is 0 Å². The molecule has 4 heteroatoms. The van der Waals surface area contributed by atoms with E-state index in [-0.39, 0.29) is 71.1 Å². The van der Waals surface area contributed by atoms with E-state index in [1.807, 2.05) is 0 Å². The molecule has 0 spiro atoms. The van der Waals surface area contributed by atoms with Crippen LogP contribution in [0.3, 0.4) is 0 Å². The second-order valence-corrected chi connectivity index (χ2v) is 0. The predicted octanol–water partition coefficient (Wildman–Crippen LogP) is -0.721. The first kappa shape index (κ1) is 35.2. The summed E-state index contributed by atoms with van der Waals surface area (Å²) >= 11 is 0. The van der Waals surface area contributed by atoms with Gasteiger partial charge in [0.2, 0.25) is 0 Å². The van der Waals surface area contributed by atoms with Gasteiger partial charge >= 0.3 is 0 Å². The second kappa shape index (κ2) is 19.2. The zero-order chi connectivity index (χ0) is 0. The van der Waals surface area contributed by atoms with Crippen molar-refractivity contribution in [1.82, 2.24) is 0 Å². The van der Waals surface area contributed by atoms with Crippen molar-refractivity contribution in [2.24, 2.45) is 0 Å². The molecule has 0 rings (SSSR count). The summed E-state index contributed by atoms with van der Waals surface area (Å²) in [5.74, 6) is 0. The molecule has 0 amide bonds. The monoisotopic (exact) mass is 321 g/mol. The molecule has 4 heavy (non-hydrogen) atoms. The smallest absolute Gasteiger partial charge is 0 e. The molecule has 0 aromatic rings. The number of rotatable bonds is 0. The van der Waals surface area contributed by atoms with Gasteiger partial charge in [0.1, 0.15) is 0 Å². The van der Waals surface area contributed by atoms with Crippen molar-refractivity contribution in [3.8, 4) is 0 Å². The molecule has 25 valence electrons. The van der Waals surface area contributed by atoms with Gasteiger partial charge in [0, 0.05) is 58.7 Å². The van der Waals surface area contributed by atoms with Crippen molar-refractivity contribution < 1.29 is 0 Å². The van der Waals surface area contributed by atoms with Gasteiger partial charge in [-0.2, -0.15) is 0 Å². The van der Waals surface area contributed by atoms with Gasteiger partial charge in [-0.3, -0.25) is 0 Å². The normalized spacial score (nSPS) is 0. The number of hydrogen-bond donors (Lipinski definition) is 0. The van der Waals surface area contributed by atoms with Crippen molar-refractivity contribution in [3.63, 3.8) is 0 Å². The van der Waals surface area contributed by atoms with E-state index >= 15 is 0 Å². The van der Waals surface area contributed by atoms with Gasteiger partial charge < -0.3 is 0 Å². The third-order valence-corrected chi connectivity index (χ3v) is 0. The molecule has 0 aliphatic carbocycles. The number of halogens is 1. The molecule has 0 nitrogen and oxygen atoms in total. The first-order valence-electron chi connectivity index (χ1n) is 0. The summed E-state index contributed by atoms with van der Waals surface area (Å²) in [6.07, 6.45) is 0. The maximum Gasteiger partial charge on any atom is 0 e. The summed E-state index contributed by atoms with van der Waals surface area (Å²) < 4.78 is 0. The minimum Gasteiger partial charge on any atom is -0.147 e. The minimum atomic E-state index is 0. The van der Waals surface area contributed by atoms with Gasteiger partial charge in [0.25, 0.3) is 0 Å². The Labute approximate surface area is 70.4 Å². The molecule has 0 saturated carbocycles. The van der Waals surface area contributed by atoms with Gasteiger partial charge in [0.05, 0.1) is 0 Å². The molecule has 0 N–H and O–H groups in total. The van der Waals surface area contributed by atoms with Crippen molar-refractivity contribution in [2.45, 2.75) is 0 Å². The Morgan fingerprint density at radius 3 is 1.00 bits per heavy atom. The molecule has 0 atom stereocenters. The third kappa shape index (κ3) is 8.90. The fourth-order valence-corrected chi connectivity index (χ4v) is 0. The summed E-state index contributed by atoms with van der Waals surface area (Å²) in [5.41, 5.74) is 0. The fourth-order valence-electron chi connectivity index (χ4n) is 0. The zero-order valence-corrected chi connectivity index (χ0v) is 8.41. The average molecular weight is 318 g/mol. The molecule has 0 aromatic carbocycles. The van der Waals surface area contributed by atoms with E-state index in [1.165, 1.54) is 0 Å². The van der Waals surface area contributed by atoms with E-state index < -0.39 is 0 Å². The molecule has 0 unspecified atom stereocenters. The van der Waals surface area contributed by atoms with Gasteiger partial charge in [-0.05, 0) is 0 Å². The molecule has 0 fully saturated rings. The first-order valence-corrected chi connectivity index (χ1v) is 0. The summed E-state index contributed by atoms with van der Waals surface area (Å²) in [7, 11) is 0. The van der Waals surface area contributed by atoms with Gasteiger partial charge in [-0.25, -0.2) is 0 Å². The van der Waals surface area contributed by atoms with E-state index in [2.05, 4.69) is 0 Å². The molecular weight excluding hydrogens is 317 g/mol. The summed E-state index contributed by atoms with van der Waals surface area (Å²) in [6, 6.07) is 0. The minimum absolute atomic E-state index is 0. The Bertz CT molecular complexity index is 8.00. The third-order valence-electron chi connectivity index (χ3n) is 0. The Morgan fingerprint density at radius 2 is 1.00 bits per heavy atom. The van der Waals surface area contributed by atoms with Crippen LogP contribution in [0.25, 0.3) is 0 Å². The van der Waals surface area contributed by atoms with Crippen molar-refractivity contribution in [3.05, 3.63) is 0 Å². The standard InChI is InChI=1S/As.ClH.Se.Te/h;1H;;. The Kier molecular flexibility index (Phi) is 168. The number of hydrogen-bond acceptors (Lipinski definition) is 0. The fraction of sp³-hybridized carbons (Fsp3) is 0. The Morgan fingerprint density at radius 1 is 1.00 bits per heavy atom. The maximum absolute atomic E-state index is 0. The van der Waals surface area contributed by atoms with E-state index in [4.69, 9.17) is 0 Å². The Balaban J connectivity index is 0. The zero-order valence-electron chi connectivity index (χ0n) is 1.67. The van der Waals surface area contributed by atoms with Crippen molar-refractivity contribution >= 4 is 71.1 Å². The van der Waals surface area contributed by atoms with Crippen LogP contribution in [0.2, 0.25) is 0 Å². The molecular formula is HAsClSeTe. The van der Waals surface area contributed by atoms with Crippen LogP contribution in [0.1, 0.15) is 0 Å². The molecule has 0 saturated heterocycles. The Hall–Kier alpha value is 2.16. The molecule has 0 aliphatic rings. The van der Waals surface area contributed by atoms with E-state index in [9.17, 15) is 0 Å². The quantitative estimate of drug-likeness (QED) is 0.517. The van der Waals surface area contributed by atoms with Crippen molar-refractivity contribution in [1.29, 1.82) is 0 Å². The SMILES string of the molecule is Cl.[As].[Se].[Te]. The topological polar surface area (TPSA) is 0 Å². The maximum atomic E-state index is 0. The van der Waals surface area contributed by atoms with Crippen LogP contribution in [0, 0.1) is 0 Å². The largest absolute Gasteiger partial charge is 0.147 e. The van der Waals surface area contributed by atoms with E-state index in [0.29, 0.717) is 0 Å². The summed E-state index contributed by atoms with van der Waals surface area (Å²) in [4.78, 5) is 0. The molecule has 0 bridgehead atoms. The second-order valence-electron chi connectivity index (χ2n) is 0. The molecule has 0 heterocycles. The van der Waals surface area contributed by atoms with Crippen LogP contribution in [-0.2, 0) is 0 Å².